The zero-order chi connectivity index (χ0) is 19.8. The van der Waals surface area contributed by atoms with E-state index in [-0.39, 0.29) is 0 Å². The van der Waals surface area contributed by atoms with Gasteiger partial charge in [-0.1, -0.05) is 18.2 Å². The number of rotatable bonds is 4. The Morgan fingerprint density at radius 2 is 2.14 bits per heavy atom. The molecule has 0 amide bonds. The summed E-state index contributed by atoms with van der Waals surface area (Å²) in [6, 6.07) is 7.90. The highest BCUT2D eigenvalue weighted by Crippen LogP contribution is 2.45. The summed E-state index contributed by atoms with van der Waals surface area (Å²) in [4.78, 5) is 20.8. The van der Waals surface area contributed by atoms with E-state index in [0.717, 1.165) is 57.9 Å². The number of aromatic nitrogens is 1. The van der Waals surface area contributed by atoms with Crippen LogP contribution in [0.2, 0.25) is 0 Å². The molecule has 28 heavy (non-hydrogen) atoms. The van der Waals surface area contributed by atoms with Gasteiger partial charge < -0.3 is 20.1 Å². The molecule has 0 atom stereocenters. The predicted octanol–water partition coefficient (Wildman–Crippen LogP) is 3.72. The number of hydrogen-bond donors (Lipinski definition) is 1. The maximum Gasteiger partial charge on any atom is 0.350 e. The zero-order valence-corrected chi connectivity index (χ0v) is 17.1. The molecule has 1 aliphatic heterocycles. The summed E-state index contributed by atoms with van der Waals surface area (Å²) in [5, 5.41) is 0.812. The lowest BCUT2D eigenvalue weighted by atomic mass is 9.91. The lowest BCUT2D eigenvalue weighted by Gasteiger charge is -2.27. The van der Waals surface area contributed by atoms with E-state index in [2.05, 4.69) is 11.9 Å². The van der Waals surface area contributed by atoms with Gasteiger partial charge in [0.25, 0.3) is 0 Å². The Labute approximate surface area is 167 Å². The number of thiophene rings is 1. The number of para-hydroxylation sites is 1. The molecular weight excluding hydrogens is 374 g/mol. The first-order valence-corrected chi connectivity index (χ1v) is 10.1. The fourth-order valence-electron chi connectivity index (χ4n) is 3.76. The fourth-order valence-corrected chi connectivity index (χ4v) is 4.77. The van der Waals surface area contributed by atoms with Crippen LogP contribution in [0.15, 0.2) is 24.3 Å². The molecule has 0 fully saturated rings. The molecule has 3 aromatic rings. The zero-order valence-electron chi connectivity index (χ0n) is 16.2. The number of ether oxygens (including phenoxy) is 2. The molecule has 0 aliphatic carbocycles. The Hall–Kier alpha value is -2.64. The highest BCUT2D eigenvalue weighted by Gasteiger charge is 2.28. The van der Waals surface area contributed by atoms with Gasteiger partial charge in [-0.2, -0.15) is 0 Å². The van der Waals surface area contributed by atoms with Gasteiger partial charge in [-0.25, -0.2) is 9.78 Å². The SMILES string of the molecule is CCOC(=O)c1sc2nc3c(c(-c4ccccc4OC)c2c1N)CN(C)CC3. The number of fused-ring (bicyclic) bond motifs is 2. The molecular formula is C21H23N3O3S. The average Bonchev–Trinajstić information content (AvgIpc) is 3.03. The molecule has 7 heteroatoms. The molecule has 2 N–H and O–H groups in total. The van der Waals surface area contributed by atoms with E-state index in [0.29, 0.717) is 17.2 Å². The number of carbonyl (C=O) groups excluding carboxylic acids is 1. The second-order valence-corrected chi connectivity index (χ2v) is 7.84. The number of methoxy groups -OCH3 is 1. The number of nitrogen functional groups attached to an aromatic ring is 1. The average molecular weight is 398 g/mol. The van der Waals surface area contributed by atoms with Crippen molar-refractivity contribution in [1.82, 2.24) is 9.88 Å². The van der Waals surface area contributed by atoms with Crippen molar-refractivity contribution in [3.63, 3.8) is 0 Å². The Morgan fingerprint density at radius 3 is 2.89 bits per heavy atom. The largest absolute Gasteiger partial charge is 0.496 e. The summed E-state index contributed by atoms with van der Waals surface area (Å²) in [5.74, 6) is 0.373. The Kier molecular flexibility index (Phi) is 4.95. The van der Waals surface area contributed by atoms with Crippen LogP contribution in [0.4, 0.5) is 5.69 Å². The quantitative estimate of drug-likeness (QED) is 0.676. The molecule has 0 radical (unpaired) electrons. The monoisotopic (exact) mass is 397 g/mol. The van der Waals surface area contributed by atoms with Crippen molar-refractivity contribution in [2.75, 3.05) is 33.0 Å². The number of likely N-dealkylation sites (N-methyl/N-ethyl adjacent to an activating group) is 1. The molecule has 146 valence electrons. The second-order valence-electron chi connectivity index (χ2n) is 6.85. The van der Waals surface area contributed by atoms with Gasteiger partial charge in [0.15, 0.2) is 0 Å². The summed E-state index contributed by atoms with van der Waals surface area (Å²) < 4.78 is 10.8. The van der Waals surface area contributed by atoms with E-state index in [4.69, 9.17) is 20.2 Å². The van der Waals surface area contributed by atoms with Crippen LogP contribution < -0.4 is 10.5 Å². The van der Waals surface area contributed by atoms with Crippen LogP contribution in [0, 0.1) is 0 Å². The highest BCUT2D eigenvalue weighted by molar-refractivity contribution is 7.21. The van der Waals surface area contributed by atoms with Gasteiger partial charge in [-0.3, -0.25) is 0 Å². The number of hydrogen-bond acceptors (Lipinski definition) is 7. The first-order valence-electron chi connectivity index (χ1n) is 9.27. The third-order valence-electron chi connectivity index (χ3n) is 5.06. The van der Waals surface area contributed by atoms with Crippen molar-refractivity contribution in [1.29, 1.82) is 0 Å². The first kappa shape index (κ1) is 18.7. The number of esters is 1. The maximum absolute atomic E-state index is 12.4. The van der Waals surface area contributed by atoms with Gasteiger partial charge in [0, 0.05) is 41.7 Å². The van der Waals surface area contributed by atoms with Crippen LogP contribution >= 0.6 is 11.3 Å². The van der Waals surface area contributed by atoms with Gasteiger partial charge in [0.2, 0.25) is 0 Å². The molecule has 0 saturated carbocycles. The third kappa shape index (κ3) is 3.00. The van der Waals surface area contributed by atoms with Crippen LogP contribution in [-0.4, -0.2) is 43.2 Å². The summed E-state index contributed by atoms with van der Waals surface area (Å²) in [6.45, 7) is 3.81. The molecule has 0 spiro atoms. The smallest absolute Gasteiger partial charge is 0.350 e. The lowest BCUT2D eigenvalue weighted by Crippen LogP contribution is -2.28. The minimum atomic E-state index is -0.399. The standard InChI is InChI=1S/C21H23N3O3S/c1-4-27-21(25)19-18(22)17-16(12-7-5-6-8-15(12)26-3)13-11-24(2)10-9-14(13)23-20(17)28-19/h5-8H,4,9-11,22H2,1-3H3. The number of pyridine rings is 1. The number of nitrogens with two attached hydrogens (primary N) is 1. The van der Waals surface area contributed by atoms with Crippen LogP contribution in [0.5, 0.6) is 5.75 Å². The Morgan fingerprint density at radius 1 is 1.36 bits per heavy atom. The summed E-state index contributed by atoms with van der Waals surface area (Å²) in [6.07, 6.45) is 0.858. The van der Waals surface area contributed by atoms with Gasteiger partial charge in [-0.05, 0) is 25.6 Å². The van der Waals surface area contributed by atoms with E-state index in [1.165, 1.54) is 11.3 Å². The summed E-state index contributed by atoms with van der Waals surface area (Å²) in [5.41, 5.74) is 11.1. The minimum absolute atomic E-state index is 0.306. The normalized spacial score (nSPS) is 14.1. The summed E-state index contributed by atoms with van der Waals surface area (Å²) >= 11 is 1.30. The first-order chi connectivity index (χ1) is 13.5. The number of benzene rings is 1. The Bertz CT molecular complexity index is 1060. The van der Waals surface area contributed by atoms with E-state index >= 15 is 0 Å². The fraction of sp³-hybridized carbons (Fsp3) is 0.333. The maximum atomic E-state index is 12.4. The van der Waals surface area contributed by atoms with E-state index < -0.39 is 5.97 Å². The van der Waals surface area contributed by atoms with Gasteiger partial charge in [0.05, 0.1) is 19.4 Å². The van der Waals surface area contributed by atoms with Crippen molar-refractivity contribution < 1.29 is 14.3 Å². The van der Waals surface area contributed by atoms with Gasteiger partial charge in [-0.15, -0.1) is 11.3 Å². The van der Waals surface area contributed by atoms with E-state index in [1.807, 2.05) is 24.3 Å². The van der Waals surface area contributed by atoms with Crippen molar-refractivity contribution in [3.8, 4) is 16.9 Å². The number of anilines is 1. The molecule has 1 aromatic carbocycles. The van der Waals surface area contributed by atoms with E-state index in [1.54, 1.807) is 14.0 Å². The van der Waals surface area contributed by atoms with Crippen LogP contribution in [0.3, 0.4) is 0 Å². The number of nitrogens with zero attached hydrogens (tertiary/aromatic N) is 2. The highest BCUT2D eigenvalue weighted by atomic mass is 32.1. The molecule has 6 nitrogen and oxygen atoms in total. The van der Waals surface area contributed by atoms with Gasteiger partial charge in [0.1, 0.15) is 15.5 Å². The van der Waals surface area contributed by atoms with Crippen molar-refractivity contribution >= 4 is 33.2 Å². The lowest BCUT2D eigenvalue weighted by molar-refractivity contribution is 0.0533. The molecule has 0 saturated heterocycles. The third-order valence-corrected chi connectivity index (χ3v) is 6.14. The molecule has 1 aliphatic rings. The predicted molar refractivity (Wildman–Crippen MR) is 112 cm³/mol. The second kappa shape index (κ2) is 7.41. The Balaban J connectivity index is 2.07. The molecule has 3 heterocycles. The van der Waals surface area contributed by atoms with Gasteiger partial charge >= 0.3 is 5.97 Å². The van der Waals surface area contributed by atoms with Crippen LogP contribution in [0.1, 0.15) is 27.9 Å². The topological polar surface area (TPSA) is 77.7 Å². The summed E-state index contributed by atoms with van der Waals surface area (Å²) in [7, 11) is 3.76. The molecule has 0 unspecified atom stereocenters. The van der Waals surface area contributed by atoms with E-state index in [9.17, 15) is 4.79 Å². The minimum Gasteiger partial charge on any atom is -0.496 e. The molecule has 4 rings (SSSR count). The number of carbonyl (C=O) groups is 1. The molecule has 0 bridgehead atoms. The van der Waals surface area contributed by atoms with Crippen molar-refractivity contribution in [2.45, 2.75) is 19.9 Å². The van der Waals surface area contributed by atoms with Crippen LogP contribution in [-0.2, 0) is 17.7 Å². The molecule has 2 aromatic heterocycles. The van der Waals surface area contributed by atoms with Crippen molar-refractivity contribution in [3.05, 3.63) is 40.4 Å². The van der Waals surface area contributed by atoms with Crippen molar-refractivity contribution in [2.24, 2.45) is 0 Å². The van der Waals surface area contributed by atoms with Crippen LogP contribution in [0.25, 0.3) is 21.3 Å².